The van der Waals surface area contributed by atoms with Gasteiger partial charge in [-0.2, -0.15) is 0 Å². The van der Waals surface area contributed by atoms with Gasteiger partial charge in [-0.15, -0.1) is 10.2 Å². The molecule has 0 spiro atoms. The molecule has 0 aliphatic rings. The van der Waals surface area contributed by atoms with E-state index in [-0.39, 0.29) is 5.69 Å². The average Bonchev–Trinajstić information content (AvgIpc) is 3.09. The summed E-state index contributed by atoms with van der Waals surface area (Å²) in [6.45, 7) is 0. The third kappa shape index (κ3) is 5.19. The number of amides is 1. The summed E-state index contributed by atoms with van der Waals surface area (Å²) >= 11 is 7.12. The van der Waals surface area contributed by atoms with Crippen LogP contribution >= 0.6 is 22.9 Å². The number of nitro groups is 1. The number of carbonyl (C=O) groups is 1. The van der Waals surface area contributed by atoms with Crippen LogP contribution in [0.25, 0.3) is 6.08 Å². The number of benzene rings is 2. The Balaban J connectivity index is 1.62. The zero-order valence-electron chi connectivity index (χ0n) is 13.8. The van der Waals surface area contributed by atoms with E-state index in [4.69, 9.17) is 11.6 Å². The van der Waals surface area contributed by atoms with E-state index in [1.807, 2.05) is 12.1 Å². The van der Waals surface area contributed by atoms with E-state index in [1.165, 1.54) is 29.6 Å². The monoisotopic (exact) mass is 400 g/mol. The van der Waals surface area contributed by atoms with Crippen molar-refractivity contribution in [2.45, 2.75) is 6.42 Å². The Morgan fingerprint density at radius 2 is 1.93 bits per heavy atom. The highest BCUT2D eigenvalue weighted by Crippen LogP contribution is 2.21. The van der Waals surface area contributed by atoms with Crippen molar-refractivity contribution in [2.75, 3.05) is 5.32 Å². The van der Waals surface area contributed by atoms with Gasteiger partial charge in [-0.3, -0.25) is 20.2 Å². The Kier molecular flexibility index (Phi) is 5.90. The van der Waals surface area contributed by atoms with Crippen LogP contribution in [0.2, 0.25) is 5.02 Å². The van der Waals surface area contributed by atoms with Crippen molar-refractivity contribution in [3.05, 3.63) is 85.9 Å². The molecule has 27 heavy (non-hydrogen) atoms. The lowest BCUT2D eigenvalue weighted by Crippen LogP contribution is -2.07. The minimum Gasteiger partial charge on any atom is -0.297 e. The summed E-state index contributed by atoms with van der Waals surface area (Å²) in [6, 6.07) is 13.6. The minimum absolute atomic E-state index is 0.0669. The van der Waals surface area contributed by atoms with Crippen LogP contribution in [0, 0.1) is 10.1 Å². The Morgan fingerprint density at radius 3 is 2.67 bits per heavy atom. The van der Waals surface area contributed by atoms with Gasteiger partial charge in [0.15, 0.2) is 0 Å². The second-order valence-electron chi connectivity index (χ2n) is 5.44. The number of hydrogen-bond acceptors (Lipinski definition) is 6. The average molecular weight is 401 g/mol. The summed E-state index contributed by atoms with van der Waals surface area (Å²) in [4.78, 5) is 22.5. The van der Waals surface area contributed by atoms with Gasteiger partial charge in [-0.1, -0.05) is 47.2 Å². The van der Waals surface area contributed by atoms with Gasteiger partial charge in [0, 0.05) is 23.6 Å². The normalized spacial score (nSPS) is 10.9. The first-order chi connectivity index (χ1) is 13.0. The largest absolute Gasteiger partial charge is 0.297 e. The van der Waals surface area contributed by atoms with Crippen molar-refractivity contribution >= 4 is 45.7 Å². The third-order valence-electron chi connectivity index (χ3n) is 3.51. The Hall–Kier alpha value is -3.10. The zero-order chi connectivity index (χ0) is 19.2. The first-order valence-corrected chi connectivity index (χ1v) is 9.00. The minimum atomic E-state index is -0.495. The van der Waals surface area contributed by atoms with Gasteiger partial charge in [0.2, 0.25) is 11.0 Å². The van der Waals surface area contributed by atoms with Crippen molar-refractivity contribution in [3.8, 4) is 0 Å². The molecule has 0 unspecified atom stereocenters. The molecule has 0 fully saturated rings. The van der Waals surface area contributed by atoms with Crippen molar-refractivity contribution in [1.29, 1.82) is 0 Å². The summed E-state index contributed by atoms with van der Waals surface area (Å²) in [6.07, 6.45) is 3.20. The molecule has 0 radical (unpaired) electrons. The molecule has 1 heterocycles. The molecule has 3 aromatic rings. The van der Waals surface area contributed by atoms with E-state index < -0.39 is 10.8 Å². The van der Waals surface area contributed by atoms with E-state index in [2.05, 4.69) is 15.5 Å². The second-order valence-corrected chi connectivity index (χ2v) is 6.94. The van der Waals surface area contributed by atoms with E-state index in [0.717, 1.165) is 10.6 Å². The molecule has 0 bridgehead atoms. The van der Waals surface area contributed by atoms with Crippen LogP contribution in [-0.2, 0) is 11.2 Å². The summed E-state index contributed by atoms with van der Waals surface area (Å²) in [5.74, 6) is -0.442. The van der Waals surface area contributed by atoms with Crippen LogP contribution in [0.1, 0.15) is 16.1 Å². The van der Waals surface area contributed by atoms with E-state index in [9.17, 15) is 14.9 Å². The fourth-order valence-electron chi connectivity index (χ4n) is 2.26. The first kappa shape index (κ1) is 18.7. The van der Waals surface area contributed by atoms with Crippen LogP contribution in [0.4, 0.5) is 10.8 Å². The first-order valence-electron chi connectivity index (χ1n) is 7.80. The molecule has 7 nitrogen and oxygen atoms in total. The fraction of sp³-hybridized carbons (Fsp3) is 0.0556. The summed E-state index contributed by atoms with van der Waals surface area (Å²) in [5.41, 5.74) is 1.31. The number of carbonyl (C=O) groups excluding carboxylic acids is 1. The molecular formula is C18H13ClN4O3S. The van der Waals surface area contributed by atoms with Gasteiger partial charge in [-0.05, 0) is 29.8 Å². The highest BCUT2D eigenvalue weighted by molar-refractivity contribution is 7.15. The Labute approximate surface area is 163 Å². The molecule has 0 aliphatic carbocycles. The van der Waals surface area contributed by atoms with E-state index in [1.54, 1.807) is 30.3 Å². The maximum absolute atomic E-state index is 12.0. The number of nitrogens with one attached hydrogen (secondary N) is 1. The number of anilines is 1. The number of nitro benzene ring substituents is 1. The highest BCUT2D eigenvalue weighted by Gasteiger charge is 2.11. The summed E-state index contributed by atoms with van der Waals surface area (Å²) < 4.78 is 0. The van der Waals surface area contributed by atoms with Crippen LogP contribution in [-0.4, -0.2) is 21.0 Å². The number of hydrogen-bond donors (Lipinski definition) is 1. The number of para-hydroxylation sites is 1. The van der Waals surface area contributed by atoms with Crippen LogP contribution in [0.15, 0.2) is 54.6 Å². The highest BCUT2D eigenvalue weighted by atomic mass is 35.5. The van der Waals surface area contributed by atoms with Gasteiger partial charge in [0.25, 0.3) is 5.69 Å². The molecule has 1 N–H and O–H groups in total. The van der Waals surface area contributed by atoms with Gasteiger partial charge >= 0.3 is 0 Å². The van der Waals surface area contributed by atoms with Crippen LogP contribution < -0.4 is 5.32 Å². The second kappa shape index (κ2) is 8.52. The van der Waals surface area contributed by atoms with Gasteiger partial charge < -0.3 is 0 Å². The van der Waals surface area contributed by atoms with E-state index >= 15 is 0 Å². The number of rotatable bonds is 6. The zero-order valence-corrected chi connectivity index (χ0v) is 15.4. The predicted molar refractivity (Wildman–Crippen MR) is 105 cm³/mol. The summed E-state index contributed by atoms with van der Waals surface area (Å²) in [5, 5.41) is 23.3. The number of aromatic nitrogens is 2. The summed E-state index contributed by atoms with van der Waals surface area (Å²) in [7, 11) is 0. The molecule has 1 amide bonds. The standard InChI is InChI=1S/C18H13ClN4O3S/c19-14-8-5-12(6-9-14)11-17-21-22-18(27-17)20-16(24)10-7-13-3-1-2-4-15(13)23(25)26/h1-10H,11H2,(H,20,22,24)/b10-7+. The third-order valence-corrected chi connectivity index (χ3v) is 4.60. The molecule has 3 rings (SSSR count). The van der Waals surface area contributed by atoms with Gasteiger partial charge in [0.1, 0.15) is 5.01 Å². The number of nitrogens with zero attached hydrogens (tertiary/aromatic N) is 3. The maximum atomic E-state index is 12.0. The molecule has 0 atom stereocenters. The van der Waals surface area contributed by atoms with E-state index in [0.29, 0.717) is 22.1 Å². The van der Waals surface area contributed by atoms with Gasteiger partial charge in [0.05, 0.1) is 10.5 Å². The molecule has 9 heteroatoms. The Bertz CT molecular complexity index is 1000. The van der Waals surface area contributed by atoms with Gasteiger partial charge in [-0.25, -0.2) is 0 Å². The maximum Gasteiger partial charge on any atom is 0.276 e. The smallest absolute Gasteiger partial charge is 0.276 e. The quantitative estimate of drug-likeness (QED) is 0.377. The molecule has 0 saturated heterocycles. The van der Waals surface area contributed by atoms with Crippen LogP contribution in [0.5, 0.6) is 0 Å². The lowest BCUT2D eigenvalue weighted by Gasteiger charge is -1.98. The predicted octanol–water partition coefficient (Wildman–Crippen LogP) is 4.34. The lowest BCUT2D eigenvalue weighted by atomic mass is 10.1. The molecule has 2 aromatic carbocycles. The number of halogens is 1. The van der Waals surface area contributed by atoms with Crippen LogP contribution in [0.3, 0.4) is 0 Å². The lowest BCUT2D eigenvalue weighted by molar-refractivity contribution is -0.385. The van der Waals surface area contributed by atoms with Crippen molar-refractivity contribution in [2.24, 2.45) is 0 Å². The topological polar surface area (TPSA) is 98.0 Å². The van der Waals surface area contributed by atoms with Crippen molar-refractivity contribution in [3.63, 3.8) is 0 Å². The SMILES string of the molecule is O=C(/C=C/c1ccccc1[N+](=O)[O-])Nc1nnc(Cc2ccc(Cl)cc2)s1. The molecular weight excluding hydrogens is 388 g/mol. The van der Waals surface area contributed by atoms with Crippen molar-refractivity contribution < 1.29 is 9.72 Å². The van der Waals surface area contributed by atoms with Crippen molar-refractivity contribution in [1.82, 2.24) is 10.2 Å². The Morgan fingerprint density at radius 1 is 1.19 bits per heavy atom. The fourth-order valence-corrected chi connectivity index (χ4v) is 3.16. The molecule has 0 saturated carbocycles. The molecule has 1 aromatic heterocycles. The molecule has 0 aliphatic heterocycles. The molecule has 136 valence electrons.